The highest BCUT2D eigenvalue weighted by Crippen LogP contribution is 2.39. The lowest BCUT2D eigenvalue weighted by molar-refractivity contribution is -0.185. The van der Waals surface area contributed by atoms with Crippen LogP contribution in [-0.4, -0.2) is 18.6 Å². The maximum absolute atomic E-state index is 12.8. The third kappa shape index (κ3) is 3.86. The molecule has 3 nitrogen and oxygen atoms in total. The van der Waals surface area contributed by atoms with Gasteiger partial charge in [0.15, 0.2) is 0 Å². The minimum Gasteiger partial charge on any atom is -0.352 e. The fourth-order valence-corrected chi connectivity index (χ4v) is 3.55. The zero-order chi connectivity index (χ0) is 16.4. The van der Waals surface area contributed by atoms with Gasteiger partial charge in [-0.3, -0.25) is 4.79 Å². The zero-order valence-electron chi connectivity index (χ0n) is 12.9. The number of carbonyl (C=O) groups excluding carboxylic acids is 1. The van der Waals surface area contributed by atoms with Gasteiger partial charge in [0.05, 0.1) is 5.92 Å². The Balaban J connectivity index is 1.54. The van der Waals surface area contributed by atoms with Crippen molar-refractivity contribution in [2.24, 2.45) is 11.8 Å². The number of amides is 1. The number of benzene rings is 1. The highest BCUT2D eigenvalue weighted by molar-refractivity contribution is 5.94. The molecule has 2 unspecified atom stereocenters. The van der Waals surface area contributed by atoms with Gasteiger partial charge >= 0.3 is 6.18 Å². The number of alkyl halides is 3. The Kier molecular flexibility index (Phi) is 4.62. The molecule has 0 radical (unpaired) electrons. The van der Waals surface area contributed by atoms with E-state index in [1.165, 1.54) is 5.56 Å². The van der Waals surface area contributed by atoms with Crippen LogP contribution in [0.4, 0.5) is 13.2 Å². The van der Waals surface area contributed by atoms with Gasteiger partial charge in [-0.05, 0) is 48.4 Å². The van der Waals surface area contributed by atoms with E-state index in [1.807, 2.05) is 12.1 Å². The van der Waals surface area contributed by atoms with Crippen molar-refractivity contribution in [3.8, 4) is 0 Å². The van der Waals surface area contributed by atoms with Gasteiger partial charge in [0.1, 0.15) is 0 Å². The molecular formula is C17H21F3N2O. The summed E-state index contributed by atoms with van der Waals surface area (Å²) in [6.07, 6.45) is -2.45. The number of rotatable bonds is 3. The zero-order valence-corrected chi connectivity index (χ0v) is 12.9. The lowest BCUT2D eigenvalue weighted by Gasteiger charge is -2.30. The van der Waals surface area contributed by atoms with Crippen molar-refractivity contribution < 1.29 is 18.0 Å². The van der Waals surface area contributed by atoms with Crippen LogP contribution in [0.3, 0.4) is 0 Å². The Morgan fingerprint density at radius 2 is 2.00 bits per heavy atom. The molecule has 1 aromatic rings. The van der Waals surface area contributed by atoms with Crippen LogP contribution in [0.2, 0.25) is 0 Å². The third-order valence-corrected chi connectivity index (χ3v) is 4.90. The normalized spacial score (nSPS) is 24.3. The second-order valence-electron chi connectivity index (χ2n) is 6.57. The highest BCUT2D eigenvalue weighted by atomic mass is 19.4. The first kappa shape index (κ1) is 16.3. The second kappa shape index (κ2) is 6.51. The molecule has 0 spiro atoms. The van der Waals surface area contributed by atoms with E-state index in [2.05, 4.69) is 10.6 Å². The summed E-state index contributed by atoms with van der Waals surface area (Å²) in [6.45, 7) is 1.89. The number of nitrogens with one attached hydrogen (secondary N) is 2. The maximum atomic E-state index is 12.8. The van der Waals surface area contributed by atoms with Gasteiger partial charge in [-0.25, -0.2) is 0 Å². The number of hydrogen-bond acceptors (Lipinski definition) is 2. The molecule has 1 saturated carbocycles. The van der Waals surface area contributed by atoms with Crippen LogP contribution in [0.25, 0.3) is 0 Å². The van der Waals surface area contributed by atoms with Crippen molar-refractivity contribution in [2.75, 3.05) is 6.54 Å². The lowest BCUT2D eigenvalue weighted by Crippen LogP contribution is -2.35. The largest absolute Gasteiger partial charge is 0.391 e. The Hall–Kier alpha value is -1.56. The topological polar surface area (TPSA) is 41.1 Å². The summed E-state index contributed by atoms with van der Waals surface area (Å²) in [5, 5.41) is 6.02. The summed E-state index contributed by atoms with van der Waals surface area (Å²) in [6, 6.07) is 5.58. The molecule has 2 N–H and O–H groups in total. The molecule has 1 heterocycles. The first-order chi connectivity index (χ1) is 10.9. The van der Waals surface area contributed by atoms with Crippen LogP contribution in [-0.2, 0) is 13.1 Å². The van der Waals surface area contributed by atoms with E-state index in [1.54, 1.807) is 6.07 Å². The molecule has 126 valence electrons. The number of halogens is 3. The standard InChI is InChI=1S/C17H21F3N2O/c18-17(19,20)15-3-1-2-11(6-15)8-22-16(23)12-4-5-13-9-21-10-14(13)7-12/h4-5,7,11,15,21H,1-3,6,8-10H2,(H,22,23). The minimum absolute atomic E-state index is 0.0876. The highest BCUT2D eigenvalue weighted by Gasteiger charge is 2.42. The predicted octanol–water partition coefficient (Wildman–Crippen LogP) is 3.39. The van der Waals surface area contributed by atoms with Crippen LogP contribution < -0.4 is 10.6 Å². The monoisotopic (exact) mass is 326 g/mol. The summed E-state index contributed by atoms with van der Waals surface area (Å²) in [7, 11) is 0. The van der Waals surface area contributed by atoms with E-state index in [-0.39, 0.29) is 24.7 Å². The van der Waals surface area contributed by atoms with Crippen molar-refractivity contribution in [2.45, 2.75) is 44.9 Å². The molecule has 1 amide bonds. The fourth-order valence-electron chi connectivity index (χ4n) is 3.55. The molecule has 0 saturated heterocycles. The van der Waals surface area contributed by atoms with Crippen molar-refractivity contribution in [3.05, 3.63) is 34.9 Å². The number of carbonyl (C=O) groups is 1. The Morgan fingerprint density at radius 3 is 2.78 bits per heavy atom. The quantitative estimate of drug-likeness (QED) is 0.894. The first-order valence-corrected chi connectivity index (χ1v) is 8.11. The van der Waals surface area contributed by atoms with Crippen molar-refractivity contribution in [1.82, 2.24) is 10.6 Å². The lowest BCUT2D eigenvalue weighted by atomic mass is 9.81. The Labute approximate surface area is 133 Å². The predicted molar refractivity (Wildman–Crippen MR) is 80.8 cm³/mol. The number of hydrogen-bond donors (Lipinski definition) is 2. The molecule has 6 heteroatoms. The van der Waals surface area contributed by atoms with Gasteiger partial charge in [-0.15, -0.1) is 0 Å². The van der Waals surface area contributed by atoms with E-state index < -0.39 is 12.1 Å². The van der Waals surface area contributed by atoms with Crippen LogP contribution in [0.5, 0.6) is 0 Å². The van der Waals surface area contributed by atoms with Gasteiger partial charge in [0.25, 0.3) is 5.91 Å². The summed E-state index contributed by atoms with van der Waals surface area (Å²) in [5.74, 6) is -1.51. The SMILES string of the molecule is O=C(NCC1CCCC(C(F)(F)F)C1)c1ccc2c(c1)CNC2. The molecule has 3 rings (SSSR count). The first-order valence-electron chi connectivity index (χ1n) is 8.11. The van der Waals surface area contributed by atoms with Gasteiger partial charge in [-0.1, -0.05) is 12.5 Å². The molecule has 1 aliphatic carbocycles. The Bertz CT molecular complexity index is 586. The van der Waals surface area contributed by atoms with E-state index in [4.69, 9.17) is 0 Å². The van der Waals surface area contributed by atoms with Crippen molar-refractivity contribution in [3.63, 3.8) is 0 Å². The molecule has 2 aliphatic rings. The van der Waals surface area contributed by atoms with Gasteiger partial charge in [-0.2, -0.15) is 13.2 Å². The molecule has 2 atom stereocenters. The molecular weight excluding hydrogens is 305 g/mol. The molecule has 0 bridgehead atoms. The van der Waals surface area contributed by atoms with Gasteiger partial charge in [0.2, 0.25) is 0 Å². The average molecular weight is 326 g/mol. The second-order valence-corrected chi connectivity index (χ2v) is 6.57. The van der Waals surface area contributed by atoms with Crippen LogP contribution in [0, 0.1) is 11.8 Å². The van der Waals surface area contributed by atoms with Gasteiger partial charge in [0, 0.05) is 25.2 Å². The van der Waals surface area contributed by atoms with Crippen molar-refractivity contribution in [1.29, 1.82) is 0 Å². The van der Waals surface area contributed by atoms with Crippen LogP contribution in [0.15, 0.2) is 18.2 Å². The summed E-state index contributed by atoms with van der Waals surface area (Å²) >= 11 is 0. The molecule has 1 aliphatic heterocycles. The van der Waals surface area contributed by atoms with E-state index in [0.717, 1.165) is 25.1 Å². The smallest absolute Gasteiger partial charge is 0.352 e. The maximum Gasteiger partial charge on any atom is 0.391 e. The molecule has 1 aromatic carbocycles. The summed E-state index contributed by atoms with van der Waals surface area (Å²) < 4.78 is 38.4. The fraction of sp³-hybridized carbons (Fsp3) is 0.588. The number of fused-ring (bicyclic) bond motifs is 1. The third-order valence-electron chi connectivity index (χ3n) is 4.90. The molecule has 0 aromatic heterocycles. The van der Waals surface area contributed by atoms with E-state index in [9.17, 15) is 18.0 Å². The average Bonchev–Trinajstić information content (AvgIpc) is 2.99. The Morgan fingerprint density at radius 1 is 1.22 bits per heavy atom. The molecule has 23 heavy (non-hydrogen) atoms. The van der Waals surface area contributed by atoms with E-state index in [0.29, 0.717) is 18.5 Å². The summed E-state index contributed by atoms with van der Waals surface area (Å²) in [5.41, 5.74) is 2.89. The van der Waals surface area contributed by atoms with Crippen LogP contribution in [0.1, 0.15) is 47.2 Å². The van der Waals surface area contributed by atoms with Crippen molar-refractivity contribution >= 4 is 5.91 Å². The van der Waals surface area contributed by atoms with Gasteiger partial charge < -0.3 is 10.6 Å². The van der Waals surface area contributed by atoms with Crippen LogP contribution >= 0.6 is 0 Å². The minimum atomic E-state index is -4.12. The summed E-state index contributed by atoms with van der Waals surface area (Å²) in [4.78, 5) is 12.2. The molecule has 1 fully saturated rings. The van der Waals surface area contributed by atoms with E-state index >= 15 is 0 Å².